The van der Waals surface area contributed by atoms with E-state index in [2.05, 4.69) is 22.9 Å². The molecule has 0 radical (unpaired) electrons. The van der Waals surface area contributed by atoms with Crippen molar-refractivity contribution in [2.24, 2.45) is 5.92 Å². The number of amides is 2. The smallest absolute Gasteiger partial charge is 0.410 e. The van der Waals surface area contributed by atoms with E-state index in [1.807, 2.05) is 58.6 Å². The lowest BCUT2D eigenvalue weighted by Gasteiger charge is -2.31. The van der Waals surface area contributed by atoms with Gasteiger partial charge in [0.05, 0.1) is 23.8 Å². The summed E-state index contributed by atoms with van der Waals surface area (Å²) in [7, 11) is 0. The fraction of sp³-hybridized carbons (Fsp3) is 0.567. The van der Waals surface area contributed by atoms with Gasteiger partial charge in [-0.05, 0) is 64.7 Å². The molecule has 8 heteroatoms. The fourth-order valence-electron chi connectivity index (χ4n) is 5.28. The van der Waals surface area contributed by atoms with Crippen LogP contribution in [0.2, 0.25) is 0 Å². The van der Waals surface area contributed by atoms with E-state index in [9.17, 15) is 9.59 Å². The van der Waals surface area contributed by atoms with Crippen LogP contribution >= 0.6 is 11.3 Å². The molecule has 206 valence electrons. The number of nitrogens with zero attached hydrogens (tertiary/aromatic N) is 4. The molecule has 2 amide bonds. The first-order chi connectivity index (χ1) is 18.1. The van der Waals surface area contributed by atoms with Gasteiger partial charge in [-0.25, -0.2) is 9.78 Å². The van der Waals surface area contributed by atoms with E-state index in [-0.39, 0.29) is 12.0 Å². The topological polar surface area (TPSA) is 67.7 Å². The Morgan fingerprint density at radius 2 is 1.82 bits per heavy atom. The number of fused-ring (bicyclic) bond motifs is 3. The van der Waals surface area contributed by atoms with Crippen LogP contribution in [0.15, 0.2) is 23.6 Å². The maximum absolute atomic E-state index is 13.4. The van der Waals surface area contributed by atoms with Crippen molar-refractivity contribution in [3.63, 3.8) is 0 Å². The number of carbonyl (C=O) groups excluding carboxylic acids is 2. The molecule has 2 aliphatic heterocycles. The lowest BCUT2D eigenvalue weighted by atomic mass is 9.98. The van der Waals surface area contributed by atoms with Crippen LogP contribution in [-0.4, -0.2) is 56.6 Å². The van der Waals surface area contributed by atoms with Crippen LogP contribution in [0.25, 0.3) is 10.9 Å². The molecule has 0 N–H and O–H groups in total. The summed E-state index contributed by atoms with van der Waals surface area (Å²) >= 11 is 1.66. The first kappa shape index (κ1) is 28.1. The van der Waals surface area contributed by atoms with Crippen LogP contribution in [0, 0.1) is 12.8 Å². The zero-order valence-electron chi connectivity index (χ0n) is 24.0. The predicted octanol–water partition coefficient (Wildman–Crippen LogP) is 6.65. The number of aromatic nitrogens is 2. The number of hydrogen-bond acceptors (Lipinski definition) is 5. The lowest BCUT2D eigenvalue weighted by Crippen LogP contribution is -2.40. The van der Waals surface area contributed by atoms with Gasteiger partial charge in [0.15, 0.2) is 0 Å². The standard InChI is InChI=1S/C28H36N4O3S.C2H6/c1-18-8-11-30(12-9-18)26(33)20-6-7-24-22(14-20)23-16-31(27(34)35-28(3,4)5)13-10-25(23)32(24)15-21-17-36-19(2)29-21;1-2/h6-7,14,17-18H,8-13,15-16H2,1-5H3;1-2H3. The minimum Gasteiger partial charge on any atom is -0.444 e. The van der Waals surface area contributed by atoms with Gasteiger partial charge in [0.2, 0.25) is 0 Å². The number of rotatable bonds is 3. The molecule has 0 atom stereocenters. The Balaban J connectivity index is 0.00000164. The third-order valence-electron chi connectivity index (χ3n) is 7.21. The number of aryl methyl sites for hydroxylation is 1. The van der Waals surface area contributed by atoms with Crippen LogP contribution in [0.4, 0.5) is 4.79 Å². The van der Waals surface area contributed by atoms with Crippen molar-refractivity contribution in [3.8, 4) is 0 Å². The number of carbonyl (C=O) groups is 2. The van der Waals surface area contributed by atoms with Crippen LogP contribution in [0.1, 0.15) is 86.7 Å². The average molecular weight is 539 g/mol. The van der Waals surface area contributed by atoms with Gasteiger partial charge in [0.25, 0.3) is 5.91 Å². The Hall–Kier alpha value is -2.87. The highest BCUT2D eigenvalue weighted by Gasteiger charge is 2.30. The van der Waals surface area contributed by atoms with Gasteiger partial charge in [-0.15, -0.1) is 11.3 Å². The molecule has 2 aliphatic rings. The highest BCUT2D eigenvalue weighted by molar-refractivity contribution is 7.09. The highest BCUT2D eigenvalue weighted by Crippen LogP contribution is 2.34. The summed E-state index contributed by atoms with van der Waals surface area (Å²) in [6.45, 7) is 17.3. The van der Waals surface area contributed by atoms with Gasteiger partial charge in [-0.2, -0.15) is 0 Å². The molecule has 7 nitrogen and oxygen atoms in total. The Kier molecular flexibility index (Phi) is 8.50. The predicted molar refractivity (Wildman–Crippen MR) is 154 cm³/mol. The van der Waals surface area contributed by atoms with Crippen molar-refractivity contribution < 1.29 is 14.3 Å². The molecule has 4 heterocycles. The molecule has 0 saturated carbocycles. The van der Waals surface area contributed by atoms with E-state index in [1.165, 1.54) is 5.69 Å². The minimum absolute atomic E-state index is 0.0974. The van der Waals surface area contributed by atoms with Crippen LogP contribution in [0.3, 0.4) is 0 Å². The summed E-state index contributed by atoms with van der Waals surface area (Å²) in [6.07, 6.45) is 2.55. The maximum Gasteiger partial charge on any atom is 0.410 e. The summed E-state index contributed by atoms with van der Waals surface area (Å²) in [5.74, 6) is 0.769. The van der Waals surface area contributed by atoms with E-state index in [4.69, 9.17) is 9.72 Å². The third kappa shape index (κ3) is 6.06. The van der Waals surface area contributed by atoms with Crippen molar-refractivity contribution in [3.05, 3.63) is 51.1 Å². The van der Waals surface area contributed by atoms with Crippen molar-refractivity contribution in [1.29, 1.82) is 0 Å². The fourth-order valence-corrected chi connectivity index (χ4v) is 5.89. The van der Waals surface area contributed by atoms with E-state index < -0.39 is 5.60 Å². The Morgan fingerprint density at radius 1 is 1.11 bits per heavy atom. The van der Waals surface area contributed by atoms with Crippen molar-refractivity contribution in [1.82, 2.24) is 19.4 Å². The number of benzene rings is 1. The molecule has 2 aromatic heterocycles. The zero-order valence-corrected chi connectivity index (χ0v) is 24.8. The van der Waals surface area contributed by atoms with Gasteiger partial charge >= 0.3 is 6.09 Å². The monoisotopic (exact) mass is 538 g/mol. The number of ether oxygens (including phenoxy) is 1. The van der Waals surface area contributed by atoms with Crippen LogP contribution in [0.5, 0.6) is 0 Å². The summed E-state index contributed by atoms with van der Waals surface area (Å²) in [5.41, 5.74) is 4.62. The Bertz CT molecular complexity index is 1290. The van der Waals surface area contributed by atoms with E-state index in [1.54, 1.807) is 16.2 Å². The average Bonchev–Trinajstić information content (AvgIpc) is 3.44. The van der Waals surface area contributed by atoms with Crippen LogP contribution in [-0.2, 0) is 24.2 Å². The van der Waals surface area contributed by atoms with E-state index >= 15 is 0 Å². The second-order valence-electron chi connectivity index (χ2n) is 11.2. The second kappa shape index (κ2) is 11.5. The zero-order chi connectivity index (χ0) is 27.6. The lowest BCUT2D eigenvalue weighted by molar-refractivity contribution is 0.0223. The third-order valence-corrected chi connectivity index (χ3v) is 8.03. The molecule has 1 aromatic carbocycles. The number of likely N-dealkylation sites (tertiary alicyclic amines) is 1. The molecule has 0 spiro atoms. The van der Waals surface area contributed by atoms with Crippen LogP contribution < -0.4 is 0 Å². The van der Waals surface area contributed by atoms with Gasteiger partial charge in [0, 0.05) is 59.2 Å². The highest BCUT2D eigenvalue weighted by atomic mass is 32.1. The largest absolute Gasteiger partial charge is 0.444 e. The van der Waals surface area contributed by atoms with Gasteiger partial charge in [0.1, 0.15) is 5.60 Å². The first-order valence-corrected chi connectivity index (χ1v) is 14.8. The van der Waals surface area contributed by atoms with Gasteiger partial charge < -0.3 is 19.1 Å². The molecular formula is C30H42N4O3S. The van der Waals surface area contributed by atoms with Crippen molar-refractivity contribution in [2.75, 3.05) is 19.6 Å². The SMILES string of the molecule is CC.Cc1nc(Cn2c3c(c4cc(C(=O)N5CCC(C)CC5)ccc42)CN(C(=O)OC(C)(C)C)CC3)cs1. The first-order valence-electron chi connectivity index (χ1n) is 13.9. The Labute approximate surface area is 230 Å². The molecule has 38 heavy (non-hydrogen) atoms. The molecule has 3 aromatic rings. The molecule has 0 aliphatic carbocycles. The summed E-state index contributed by atoms with van der Waals surface area (Å²) < 4.78 is 7.99. The van der Waals surface area contributed by atoms with Crippen molar-refractivity contribution in [2.45, 2.75) is 86.4 Å². The quantitative estimate of drug-likeness (QED) is 0.375. The molecule has 1 saturated heterocycles. The summed E-state index contributed by atoms with van der Waals surface area (Å²) in [4.78, 5) is 34.7. The second-order valence-corrected chi connectivity index (χ2v) is 12.3. The Morgan fingerprint density at radius 3 is 2.45 bits per heavy atom. The van der Waals surface area contributed by atoms with E-state index in [0.717, 1.165) is 65.1 Å². The maximum atomic E-state index is 13.4. The van der Waals surface area contributed by atoms with Gasteiger partial charge in [-0.3, -0.25) is 4.79 Å². The van der Waals surface area contributed by atoms with E-state index in [0.29, 0.717) is 25.6 Å². The molecule has 1 fully saturated rings. The minimum atomic E-state index is -0.542. The molecule has 0 unspecified atom stereocenters. The number of piperidine rings is 1. The van der Waals surface area contributed by atoms with Gasteiger partial charge in [-0.1, -0.05) is 20.8 Å². The molecule has 5 rings (SSSR count). The summed E-state index contributed by atoms with van der Waals surface area (Å²) in [5, 5.41) is 4.20. The normalized spacial score (nSPS) is 16.2. The van der Waals surface area contributed by atoms with Crippen molar-refractivity contribution >= 4 is 34.2 Å². The summed E-state index contributed by atoms with van der Waals surface area (Å²) in [6, 6.07) is 6.07. The number of thiazole rings is 1. The molecular weight excluding hydrogens is 496 g/mol. The number of hydrogen-bond donors (Lipinski definition) is 0. The molecule has 0 bridgehead atoms.